The third kappa shape index (κ3) is 3.26. The summed E-state index contributed by atoms with van der Waals surface area (Å²) >= 11 is 1.57. The number of fused-ring (bicyclic) bond motifs is 1. The third-order valence-electron chi connectivity index (χ3n) is 4.71. The van der Waals surface area contributed by atoms with Gasteiger partial charge in [0.05, 0.1) is 5.75 Å². The van der Waals surface area contributed by atoms with Gasteiger partial charge in [-0.3, -0.25) is 9.69 Å². The van der Waals surface area contributed by atoms with Crippen LogP contribution in [0, 0.1) is 17.7 Å². The maximum atomic E-state index is 13.5. The molecule has 0 aliphatic carbocycles. The highest BCUT2D eigenvalue weighted by Gasteiger charge is 2.47. The fourth-order valence-corrected chi connectivity index (χ4v) is 4.30. The third-order valence-corrected chi connectivity index (χ3v) is 5.24. The highest BCUT2D eigenvalue weighted by molar-refractivity contribution is 7.99. The molecule has 6 heteroatoms. The number of hydrogen-bond donors (Lipinski definition) is 0. The molecule has 2 aliphatic heterocycles. The van der Waals surface area contributed by atoms with Crippen molar-refractivity contribution in [1.29, 1.82) is 0 Å². The average molecular weight is 345 g/mol. The predicted octanol–water partition coefficient (Wildman–Crippen LogP) is 2.67. The van der Waals surface area contributed by atoms with Gasteiger partial charge in [0.15, 0.2) is 0 Å². The molecule has 0 aromatic heterocycles. The van der Waals surface area contributed by atoms with Gasteiger partial charge in [-0.15, -0.1) is 12.4 Å². The van der Waals surface area contributed by atoms with Crippen molar-refractivity contribution in [3.05, 3.63) is 35.6 Å². The zero-order valence-electron chi connectivity index (χ0n) is 12.9. The van der Waals surface area contributed by atoms with Gasteiger partial charge in [0.1, 0.15) is 5.82 Å². The lowest BCUT2D eigenvalue weighted by Gasteiger charge is -2.26. The quantitative estimate of drug-likeness (QED) is 0.842. The molecule has 0 N–H and O–H groups in total. The first-order valence-electron chi connectivity index (χ1n) is 7.32. The number of amides is 1. The molecular weight excluding hydrogens is 323 g/mol. The number of hydrogen-bond acceptors (Lipinski definition) is 3. The number of nitrogens with zero attached hydrogens (tertiary/aromatic N) is 2. The van der Waals surface area contributed by atoms with Crippen molar-refractivity contribution < 1.29 is 9.18 Å². The molecule has 2 heterocycles. The van der Waals surface area contributed by atoms with Crippen LogP contribution in [0.4, 0.5) is 4.39 Å². The SMILES string of the molecule is CSCC(=O)N1C[C@@H]2CN(C)[C@@H](c3cccc(F)c3)[C@@H]2C1.Cl. The summed E-state index contributed by atoms with van der Waals surface area (Å²) in [5, 5.41) is 0. The summed E-state index contributed by atoms with van der Waals surface area (Å²) in [5.41, 5.74) is 1.03. The van der Waals surface area contributed by atoms with Crippen molar-refractivity contribution >= 4 is 30.1 Å². The molecule has 3 rings (SSSR count). The molecule has 2 saturated heterocycles. The van der Waals surface area contributed by atoms with Gasteiger partial charge in [0.25, 0.3) is 0 Å². The summed E-state index contributed by atoms with van der Waals surface area (Å²) in [7, 11) is 2.10. The van der Waals surface area contributed by atoms with E-state index in [-0.39, 0.29) is 30.2 Å². The van der Waals surface area contributed by atoms with Crippen molar-refractivity contribution in [3.63, 3.8) is 0 Å². The monoisotopic (exact) mass is 344 g/mol. The molecule has 0 bridgehead atoms. The second-order valence-electron chi connectivity index (χ2n) is 6.10. The fourth-order valence-electron chi connectivity index (χ4n) is 3.87. The molecule has 1 aromatic carbocycles. The Morgan fingerprint density at radius 3 is 2.82 bits per heavy atom. The lowest BCUT2D eigenvalue weighted by molar-refractivity contribution is -0.127. The fraction of sp³-hybridized carbons (Fsp3) is 0.562. The molecule has 0 radical (unpaired) electrons. The number of benzene rings is 1. The summed E-state index contributed by atoms with van der Waals surface area (Å²) in [6.07, 6.45) is 1.96. The maximum Gasteiger partial charge on any atom is 0.232 e. The van der Waals surface area contributed by atoms with Crippen LogP contribution in [0.15, 0.2) is 24.3 Å². The van der Waals surface area contributed by atoms with Crippen LogP contribution in [0.2, 0.25) is 0 Å². The van der Waals surface area contributed by atoms with Gasteiger partial charge in [0.2, 0.25) is 5.91 Å². The van der Waals surface area contributed by atoms with Crippen molar-refractivity contribution in [2.24, 2.45) is 11.8 Å². The number of likely N-dealkylation sites (tertiary alicyclic amines) is 2. The molecule has 22 heavy (non-hydrogen) atoms. The van der Waals surface area contributed by atoms with Gasteiger partial charge in [-0.25, -0.2) is 4.39 Å². The molecule has 122 valence electrons. The summed E-state index contributed by atoms with van der Waals surface area (Å²) < 4.78 is 13.5. The summed E-state index contributed by atoms with van der Waals surface area (Å²) in [4.78, 5) is 16.4. The van der Waals surface area contributed by atoms with Gasteiger partial charge >= 0.3 is 0 Å². The maximum absolute atomic E-state index is 13.5. The minimum atomic E-state index is -0.183. The van der Waals surface area contributed by atoms with Crippen LogP contribution in [0.1, 0.15) is 11.6 Å². The van der Waals surface area contributed by atoms with Crippen LogP contribution in [-0.4, -0.2) is 54.4 Å². The minimum absolute atomic E-state index is 0. The molecule has 1 amide bonds. The van der Waals surface area contributed by atoms with Gasteiger partial charge in [0, 0.05) is 31.6 Å². The number of halogens is 2. The van der Waals surface area contributed by atoms with E-state index >= 15 is 0 Å². The Labute approximate surface area is 141 Å². The van der Waals surface area contributed by atoms with E-state index in [1.54, 1.807) is 23.9 Å². The highest BCUT2D eigenvalue weighted by atomic mass is 35.5. The van der Waals surface area contributed by atoms with E-state index < -0.39 is 0 Å². The van der Waals surface area contributed by atoms with Crippen LogP contribution in [-0.2, 0) is 4.79 Å². The number of thioether (sulfide) groups is 1. The van der Waals surface area contributed by atoms with Crippen molar-refractivity contribution in [1.82, 2.24) is 9.80 Å². The first-order valence-corrected chi connectivity index (χ1v) is 8.72. The summed E-state index contributed by atoms with van der Waals surface area (Å²) in [6.45, 7) is 2.63. The smallest absolute Gasteiger partial charge is 0.232 e. The van der Waals surface area contributed by atoms with Crippen molar-refractivity contribution in [2.45, 2.75) is 6.04 Å². The lowest BCUT2D eigenvalue weighted by atomic mass is 9.89. The van der Waals surface area contributed by atoms with Crippen LogP contribution < -0.4 is 0 Å². The Hall–Kier alpha value is -0.780. The number of rotatable bonds is 3. The zero-order chi connectivity index (χ0) is 15.0. The van der Waals surface area contributed by atoms with E-state index in [1.165, 1.54) is 6.07 Å². The Morgan fingerprint density at radius 1 is 1.36 bits per heavy atom. The molecule has 2 aliphatic rings. The second kappa shape index (κ2) is 7.20. The van der Waals surface area contributed by atoms with Crippen molar-refractivity contribution in [3.8, 4) is 0 Å². The second-order valence-corrected chi connectivity index (χ2v) is 6.96. The predicted molar refractivity (Wildman–Crippen MR) is 91.0 cm³/mol. The standard InChI is InChI=1S/C16H21FN2OS.ClH/c1-18-7-12-8-19(15(20)10-21-2)9-14(12)16(18)11-4-3-5-13(17)6-11;/h3-6,12,14,16H,7-10H2,1-2H3;1H/t12-,14+,16-;/m0./s1. The van der Waals surface area contributed by atoms with E-state index in [1.807, 2.05) is 17.2 Å². The van der Waals surface area contributed by atoms with E-state index in [0.29, 0.717) is 17.6 Å². The van der Waals surface area contributed by atoms with E-state index in [2.05, 4.69) is 11.9 Å². The number of carbonyl (C=O) groups is 1. The Kier molecular flexibility index (Phi) is 5.75. The highest BCUT2D eigenvalue weighted by Crippen LogP contribution is 2.44. The van der Waals surface area contributed by atoms with E-state index in [9.17, 15) is 9.18 Å². The first kappa shape index (κ1) is 17.6. The molecule has 0 unspecified atom stereocenters. The molecule has 0 saturated carbocycles. The average Bonchev–Trinajstić information content (AvgIpc) is 2.95. The van der Waals surface area contributed by atoms with Gasteiger partial charge < -0.3 is 4.90 Å². The van der Waals surface area contributed by atoms with Crippen LogP contribution in [0.3, 0.4) is 0 Å². The molecule has 3 nitrogen and oxygen atoms in total. The molecular formula is C16H22ClFN2OS. The minimum Gasteiger partial charge on any atom is -0.341 e. The number of carbonyl (C=O) groups excluding carboxylic acids is 1. The van der Waals surface area contributed by atoms with Gasteiger partial charge in [-0.05, 0) is 36.9 Å². The topological polar surface area (TPSA) is 23.6 Å². The van der Waals surface area contributed by atoms with Crippen LogP contribution >= 0.6 is 24.2 Å². The molecule has 1 aromatic rings. The lowest BCUT2D eigenvalue weighted by Crippen LogP contribution is -2.34. The zero-order valence-corrected chi connectivity index (χ0v) is 14.5. The van der Waals surface area contributed by atoms with Gasteiger partial charge in [-0.1, -0.05) is 12.1 Å². The molecule has 2 fully saturated rings. The summed E-state index contributed by atoms with van der Waals surface area (Å²) in [6, 6.07) is 7.11. The Bertz CT molecular complexity index is 545. The van der Waals surface area contributed by atoms with Gasteiger partial charge in [-0.2, -0.15) is 11.8 Å². The van der Waals surface area contributed by atoms with Crippen molar-refractivity contribution in [2.75, 3.05) is 38.7 Å². The molecule has 3 atom stereocenters. The normalized spacial score (nSPS) is 27.6. The Morgan fingerprint density at radius 2 is 2.14 bits per heavy atom. The summed E-state index contributed by atoms with van der Waals surface area (Å²) in [5.74, 6) is 1.53. The molecule has 0 spiro atoms. The first-order chi connectivity index (χ1) is 10.1. The largest absolute Gasteiger partial charge is 0.341 e. The van der Waals surface area contributed by atoms with E-state index in [0.717, 1.165) is 25.2 Å². The van der Waals surface area contributed by atoms with Crippen LogP contribution in [0.5, 0.6) is 0 Å². The Balaban J connectivity index is 0.00000176. The van der Waals surface area contributed by atoms with E-state index in [4.69, 9.17) is 0 Å². The van der Waals surface area contributed by atoms with Crippen LogP contribution in [0.25, 0.3) is 0 Å².